The summed E-state index contributed by atoms with van der Waals surface area (Å²) >= 11 is 0. The Morgan fingerprint density at radius 3 is 2.96 bits per heavy atom. The van der Waals surface area contributed by atoms with Crippen LogP contribution in [0.4, 0.5) is 5.82 Å². The van der Waals surface area contributed by atoms with Crippen LogP contribution in [-0.4, -0.2) is 56.7 Å². The van der Waals surface area contributed by atoms with Crippen LogP contribution < -0.4 is 10.2 Å². The van der Waals surface area contributed by atoms with Gasteiger partial charge in [0.25, 0.3) is 0 Å². The van der Waals surface area contributed by atoms with Crippen molar-refractivity contribution in [3.63, 3.8) is 0 Å². The number of nitrogens with zero attached hydrogens (tertiary/aromatic N) is 4. The Hall–Kier alpha value is -3.00. The number of piperidine rings is 1. The molecule has 8 nitrogen and oxygen atoms in total. The monoisotopic (exact) mass is 380 g/mol. The molecule has 1 aromatic carbocycles. The van der Waals surface area contributed by atoms with E-state index in [4.69, 9.17) is 0 Å². The number of rotatable bonds is 6. The Balaban J connectivity index is 1.42. The zero-order valence-electron chi connectivity index (χ0n) is 15.6. The minimum Gasteiger partial charge on any atom is -0.394 e. The van der Waals surface area contributed by atoms with E-state index in [2.05, 4.69) is 30.2 Å². The maximum absolute atomic E-state index is 12.8. The number of H-pyrrole nitrogens is 1. The van der Waals surface area contributed by atoms with E-state index >= 15 is 0 Å². The standard InChI is InChI=1S/C20H24N6O2/c27-11-16(9-14-5-2-1-3-6-14)25-20(28)15-7-4-8-26(10-15)19-17-18(22-12-21-17)23-13-24-19/h1-3,5-6,12-13,15-16,27H,4,7-11H2,(H,25,28)(H,21,22,23,24)/t15-,16-/m0/s1. The second kappa shape index (κ2) is 8.35. The molecule has 1 saturated heterocycles. The summed E-state index contributed by atoms with van der Waals surface area (Å²) in [5.74, 6) is 0.615. The second-order valence-corrected chi connectivity index (χ2v) is 7.16. The number of imidazole rings is 1. The Morgan fingerprint density at radius 1 is 1.29 bits per heavy atom. The highest BCUT2D eigenvalue weighted by Crippen LogP contribution is 2.25. The molecule has 1 aliphatic rings. The number of carbonyl (C=O) groups is 1. The van der Waals surface area contributed by atoms with Crippen molar-refractivity contribution in [1.82, 2.24) is 25.3 Å². The van der Waals surface area contributed by atoms with Crippen LogP contribution >= 0.6 is 0 Å². The predicted molar refractivity (Wildman–Crippen MR) is 106 cm³/mol. The average Bonchev–Trinajstić information content (AvgIpc) is 3.23. The molecule has 0 unspecified atom stereocenters. The van der Waals surface area contributed by atoms with Crippen molar-refractivity contribution < 1.29 is 9.90 Å². The van der Waals surface area contributed by atoms with Crippen molar-refractivity contribution in [1.29, 1.82) is 0 Å². The molecule has 3 N–H and O–H groups in total. The topological polar surface area (TPSA) is 107 Å². The smallest absolute Gasteiger partial charge is 0.225 e. The largest absolute Gasteiger partial charge is 0.394 e. The number of aliphatic hydroxyl groups excluding tert-OH is 1. The molecule has 1 aliphatic heterocycles. The molecule has 2 atom stereocenters. The number of carbonyl (C=O) groups excluding carboxylic acids is 1. The number of amides is 1. The number of anilines is 1. The Kier molecular flexibility index (Phi) is 5.48. The molecule has 0 spiro atoms. The maximum atomic E-state index is 12.8. The molecular weight excluding hydrogens is 356 g/mol. The summed E-state index contributed by atoms with van der Waals surface area (Å²) in [4.78, 5) is 30.8. The predicted octanol–water partition coefficient (Wildman–Crippen LogP) is 1.29. The molecule has 2 aromatic heterocycles. The number of aromatic amines is 1. The first-order valence-corrected chi connectivity index (χ1v) is 9.59. The zero-order chi connectivity index (χ0) is 19.3. The number of aromatic nitrogens is 4. The summed E-state index contributed by atoms with van der Waals surface area (Å²) in [5.41, 5.74) is 2.51. The molecule has 0 aliphatic carbocycles. The molecule has 4 rings (SSSR count). The number of hydrogen-bond acceptors (Lipinski definition) is 6. The van der Waals surface area contributed by atoms with Gasteiger partial charge < -0.3 is 20.3 Å². The van der Waals surface area contributed by atoms with Crippen molar-refractivity contribution in [2.75, 3.05) is 24.6 Å². The van der Waals surface area contributed by atoms with E-state index in [0.717, 1.165) is 36.3 Å². The third-order valence-electron chi connectivity index (χ3n) is 5.19. The highest BCUT2D eigenvalue weighted by Gasteiger charge is 2.29. The number of benzene rings is 1. The van der Waals surface area contributed by atoms with Crippen LogP contribution in [0.5, 0.6) is 0 Å². The third-order valence-corrected chi connectivity index (χ3v) is 5.19. The number of hydrogen-bond donors (Lipinski definition) is 3. The van der Waals surface area contributed by atoms with Gasteiger partial charge in [-0.2, -0.15) is 0 Å². The minimum atomic E-state index is -0.288. The van der Waals surface area contributed by atoms with Crippen LogP contribution in [0.3, 0.4) is 0 Å². The fraction of sp³-hybridized carbons (Fsp3) is 0.400. The lowest BCUT2D eigenvalue weighted by Gasteiger charge is -2.33. The SMILES string of the molecule is O=C(N[C@H](CO)Cc1ccccc1)[C@H]1CCCN(c2ncnc3nc[nH]c23)C1. The van der Waals surface area contributed by atoms with Crippen LogP contribution in [-0.2, 0) is 11.2 Å². The van der Waals surface area contributed by atoms with E-state index in [0.29, 0.717) is 18.6 Å². The Labute approximate surface area is 163 Å². The molecule has 0 radical (unpaired) electrons. The summed E-state index contributed by atoms with van der Waals surface area (Å²) in [6, 6.07) is 9.59. The molecule has 0 saturated carbocycles. The summed E-state index contributed by atoms with van der Waals surface area (Å²) in [5, 5.41) is 12.7. The lowest BCUT2D eigenvalue weighted by atomic mass is 9.96. The summed E-state index contributed by atoms with van der Waals surface area (Å²) in [6.07, 6.45) is 5.44. The van der Waals surface area contributed by atoms with Crippen molar-refractivity contribution in [2.45, 2.75) is 25.3 Å². The normalized spacial score (nSPS) is 18.2. The van der Waals surface area contributed by atoms with E-state index in [1.807, 2.05) is 30.3 Å². The van der Waals surface area contributed by atoms with Gasteiger partial charge in [-0.3, -0.25) is 4.79 Å². The van der Waals surface area contributed by atoms with Crippen LogP contribution in [0.2, 0.25) is 0 Å². The quantitative estimate of drug-likeness (QED) is 0.595. The van der Waals surface area contributed by atoms with Crippen molar-refractivity contribution in [3.05, 3.63) is 48.5 Å². The molecule has 3 aromatic rings. The second-order valence-electron chi connectivity index (χ2n) is 7.16. The highest BCUT2D eigenvalue weighted by atomic mass is 16.3. The van der Waals surface area contributed by atoms with E-state index in [1.165, 1.54) is 6.33 Å². The van der Waals surface area contributed by atoms with Gasteiger partial charge in [0.15, 0.2) is 11.5 Å². The molecule has 8 heteroatoms. The summed E-state index contributed by atoms with van der Waals surface area (Å²) < 4.78 is 0. The van der Waals surface area contributed by atoms with Crippen LogP contribution in [0, 0.1) is 5.92 Å². The van der Waals surface area contributed by atoms with Crippen LogP contribution in [0.1, 0.15) is 18.4 Å². The maximum Gasteiger partial charge on any atom is 0.225 e. The van der Waals surface area contributed by atoms with E-state index in [-0.39, 0.29) is 24.5 Å². The van der Waals surface area contributed by atoms with Gasteiger partial charge in [0.05, 0.1) is 24.9 Å². The highest BCUT2D eigenvalue weighted by molar-refractivity contribution is 5.84. The van der Waals surface area contributed by atoms with Gasteiger partial charge in [0.2, 0.25) is 5.91 Å². The summed E-state index contributed by atoms with van der Waals surface area (Å²) in [6.45, 7) is 1.33. The van der Waals surface area contributed by atoms with Gasteiger partial charge in [-0.1, -0.05) is 30.3 Å². The fourth-order valence-corrected chi connectivity index (χ4v) is 3.75. The molecule has 3 heterocycles. The Bertz CT molecular complexity index is 929. The lowest BCUT2D eigenvalue weighted by Crippen LogP contribution is -2.47. The van der Waals surface area contributed by atoms with Gasteiger partial charge in [-0.15, -0.1) is 0 Å². The van der Waals surface area contributed by atoms with E-state index < -0.39 is 0 Å². The van der Waals surface area contributed by atoms with Gasteiger partial charge in [0.1, 0.15) is 11.8 Å². The molecule has 1 fully saturated rings. The fourth-order valence-electron chi connectivity index (χ4n) is 3.75. The van der Waals surface area contributed by atoms with Gasteiger partial charge in [0, 0.05) is 13.1 Å². The summed E-state index contributed by atoms with van der Waals surface area (Å²) in [7, 11) is 0. The first kappa shape index (κ1) is 18.4. The molecule has 0 bridgehead atoms. The van der Waals surface area contributed by atoms with Crippen molar-refractivity contribution in [2.24, 2.45) is 5.92 Å². The molecular formula is C20H24N6O2. The first-order chi connectivity index (χ1) is 13.7. The van der Waals surface area contributed by atoms with Crippen molar-refractivity contribution >= 4 is 22.9 Å². The molecule has 1 amide bonds. The number of fused-ring (bicyclic) bond motifs is 1. The molecule has 28 heavy (non-hydrogen) atoms. The minimum absolute atomic E-state index is 0.0189. The zero-order valence-corrected chi connectivity index (χ0v) is 15.6. The van der Waals surface area contributed by atoms with E-state index in [1.54, 1.807) is 6.33 Å². The first-order valence-electron chi connectivity index (χ1n) is 9.59. The van der Waals surface area contributed by atoms with Gasteiger partial charge in [-0.05, 0) is 24.8 Å². The van der Waals surface area contributed by atoms with Crippen LogP contribution in [0.25, 0.3) is 11.2 Å². The Morgan fingerprint density at radius 2 is 2.14 bits per heavy atom. The van der Waals surface area contributed by atoms with Gasteiger partial charge >= 0.3 is 0 Å². The third kappa shape index (κ3) is 3.96. The average molecular weight is 380 g/mol. The number of nitrogens with one attached hydrogen (secondary N) is 2. The van der Waals surface area contributed by atoms with Gasteiger partial charge in [-0.25, -0.2) is 15.0 Å². The number of aliphatic hydroxyl groups is 1. The lowest BCUT2D eigenvalue weighted by molar-refractivity contribution is -0.126. The van der Waals surface area contributed by atoms with E-state index in [9.17, 15) is 9.90 Å². The molecule has 146 valence electrons. The van der Waals surface area contributed by atoms with Crippen molar-refractivity contribution in [3.8, 4) is 0 Å². The van der Waals surface area contributed by atoms with Crippen LogP contribution in [0.15, 0.2) is 43.0 Å².